The third-order valence-corrected chi connectivity index (χ3v) is 4.25. The zero-order valence-corrected chi connectivity index (χ0v) is 13.8. The van der Waals surface area contributed by atoms with E-state index in [0.29, 0.717) is 16.4 Å². The number of rotatable bonds is 4. The van der Waals surface area contributed by atoms with Crippen molar-refractivity contribution in [3.63, 3.8) is 0 Å². The molecule has 2 aromatic rings. The molecule has 1 aromatic carbocycles. The van der Waals surface area contributed by atoms with Crippen LogP contribution >= 0.6 is 11.8 Å². The van der Waals surface area contributed by atoms with Crippen molar-refractivity contribution in [2.75, 3.05) is 11.1 Å². The third kappa shape index (κ3) is 4.04. The molecule has 22 heavy (non-hydrogen) atoms. The van der Waals surface area contributed by atoms with Gasteiger partial charge in [-0.15, -0.1) is 0 Å². The van der Waals surface area contributed by atoms with Gasteiger partial charge in [-0.25, -0.2) is 14.4 Å². The number of benzene rings is 1. The van der Waals surface area contributed by atoms with Gasteiger partial charge < -0.3 is 5.32 Å². The van der Waals surface area contributed by atoms with Gasteiger partial charge in [0.2, 0.25) is 5.91 Å². The molecule has 6 heteroatoms. The van der Waals surface area contributed by atoms with Gasteiger partial charge >= 0.3 is 0 Å². The molecule has 0 aliphatic carbocycles. The molecule has 1 heterocycles. The molecule has 0 aliphatic rings. The van der Waals surface area contributed by atoms with E-state index in [9.17, 15) is 9.18 Å². The van der Waals surface area contributed by atoms with Crippen LogP contribution in [0.4, 0.5) is 10.1 Å². The first-order chi connectivity index (χ1) is 10.4. The molecule has 0 unspecified atom stereocenters. The molecule has 0 fully saturated rings. The van der Waals surface area contributed by atoms with Crippen molar-refractivity contribution in [1.82, 2.24) is 9.97 Å². The molecule has 0 spiro atoms. The lowest BCUT2D eigenvalue weighted by molar-refractivity contribution is -0.113. The molecule has 0 atom stereocenters. The van der Waals surface area contributed by atoms with Crippen molar-refractivity contribution < 1.29 is 9.18 Å². The van der Waals surface area contributed by atoms with Crippen molar-refractivity contribution in [2.45, 2.75) is 32.9 Å². The van der Waals surface area contributed by atoms with E-state index in [0.717, 1.165) is 17.0 Å². The Morgan fingerprint density at radius 3 is 2.41 bits per heavy atom. The highest BCUT2D eigenvalue weighted by Gasteiger charge is 2.09. The zero-order chi connectivity index (χ0) is 16.3. The minimum atomic E-state index is -0.335. The van der Waals surface area contributed by atoms with Crippen LogP contribution in [0, 0.1) is 33.5 Å². The lowest BCUT2D eigenvalue weighted by Crippen LogP contribution is -2.14. The molecule has 0 saturated heterocycles. The van der Waals surface area contributed by atoms with Crippen LogP contribution in [0.25, 0.3) is 0 Å². The average Bonchev–Trinajstić information content (AvgIpc) is 2.46. The summed E-state index contributed by atoms with van der Waals surface area (Å²) in [5, 5.41) is 3.24. The second kappa shape index (κ2) is 6.87. The van der Waals surface area contributed by atoms with Crippen LogP contribution in [-0.4, -0.2) is 21.6 Å². The first-order valence-electron chi connectivity index (χ1n) is 6.87. The first-order valence-corrected chi connectivity index (χ1v) is 7.86. The van der Waals surface area contributed by atoms with Crippen LogP contribution in [0.3, 0.4) is 0 Å². The molecule has 1 N–H and O–H groups in total. The summed E-state index contributed by atoms with van der Waals surface area (Å²) in [5.41, 5.74) is 3.88. The molecule has 1 amide bonds. The van der Waals surface area contributed by atoms with Crippen LogP contribution in [0.2, 0.25) is 0 Å². The molecule has 1 aromatic heterocycles. The number of aryl methyl sites for hydroxylation is 3. The summed E-state index contributed by atoms with van der Waals surface area (Å²) in [4.78, 5) is 20.6. The highest BCUT2D eigenvalue weighted by Crippen LogP contribution is 2.18. The summed E-state index contributed by atoms with van der Waals surface area (Å²) in [7, 11) is 0. The van der Waals surface area contributed by atoms with Crippen LogP contribution in [-0.2, 0) is 4.79 Å². The van der Waals surface area contributed by atoms with E-state index in [4.69, 9.17) is 0 Å². The van der Waals surface area contributed by atoms with Gasteiger partial charge in [0.05, 0.1) is 5.75 Å². The van der Waals surface area contributed by atoms with E-state index in [2.05, 4.69) is 15.3 Å². The second-order valence-electron chi connectivity index (χ2n) is 5.10. The molecular formula is C16H18FN3OS. The van der Waals surface area contributed by atoms with E-state index in [1.165, 1.54) is 17.8 Å². The quantitative estimate of drug-likeness (QED) is 0.691. The van der Waals surface area contributed by atoms with Crippen molar-refractivity contribution in [1.29, 1.82) is 0 Å². The number of carbonyl (C=O) groups is 1. The molecular weight excluding hydrogens is 301 g/mol. The third-order valence-electron chi connectivity index (χ3n) is 3.40. The minimum Gasteiger partial charge on any atom is -0.325 e. The van der Waals surface area contributed by atoms with Gasteiger partial charge in [-0.05, 0) is 51.0 Å². The maximum Gasteiger partial charge on any atom is 0.234 e. The van der Waals surface area contributed by atoms with E-state index in [1.54, 1.807) is 19.1 Å². The van der Waals surface area contributed by atoms with Gasteiger partial charge in [0.15, 0.2) is 5.16 Å². The van der Waals surface area contributed by atoms with Crippen LogP contribution in [0.1, 0.15) is 22.5 Å². The number of hydrogen-bond acceptors (Lipinski definition) is 4. The molecule has 2 rings (SSSR count). The summed E-state index contributed by atoms with van der Waals surface area (Å²) in [5.74, 6) is -0.372. The molecule has 116 valence electrons. The van der Waals surface area contributed by atoms with E-state index >= 15 is 0 Å². The van der Waals surface area contributed by atoms with Crippen molar-refractivity contribution in [2.24, 2.45) is 0 Å². The normalized spacial score (nSPS) is 10.6. The smallest absolute Gasteiger partial charge is 0.234 e. The Kier molecular flexibility index (Phi) is 5.13. The van der Waals surface area contributed by atoms with Gasteiger partial charge in [-0.1, -0.05) is 17.8 Å². The molecule has 4 nitrogen and oxygen atoms in total. The SMILES string of the molecule is Cc1ccc(NC(=O)CSc2nc(C)c(C)c(C)n2)cc1F. The number of carbonyl (C=O) groups excluding carboxylic acids is 1. The summed E-state index contributed by atoms with van der Waals surface area (Å²) >= 11 is 1.26. The molecule has 0 bridgehead atoms. The maximum absolute atomic E-state index is 13.4. The van der Waals surface area contributed by atoms with Gasteiger partial charge in [-0.2, -0.15) is 0 Å². The predicted molar refractivity (Wildman–Crippen MR) is 86.7 cm³/mol. The Labute approximate surface area is 133 Å². The summed E-state index contributed by atoms with van der Waals surface area (Å²) in [6.45, 7) is 7.49. The Morgan fingerprint density at radius 1 is 1.18 bits per heavy atom. The number of nitrogens with zero attached hydrogens (tertiary/aromatic N) is 2. The standard InChI is InChI=1S/C16H18FN3OS/c1-9-5-6-13(7-14(9)17)20-15(21)8-22-16-18-11(3)10(2)12(4)19-16/h5-7H,8H2,1-4H3,(H,20,21). The number of halogens is 1. The summed E-state index contributed by atoms with van der Waals surface area (Å²) < 4.78 is 13.4. The van der Waals surface area contributed by atoms with E-state index in [1.807, 2.05) is 20.8 Å². The molecule has 0 radical (unpaired) electrons. The lowest BCUT2D eigenvalue weighted by Gasteiger charge is -2.08. The average molecular weight is 319 g/mol. The van der Waals surface area contributed by atoms with Crippen molar-refractivity contribution >= 4 is 23.4 Å². The predicted octanol–water partition coefficient (Wildman–Crippen LogP) is 3.58. The number of hydrogen-bond donors (Lipinski definition) is 1. The summed E-state index contributed by atoms with van der Waals surface area (Å²) in [6, 6.07) is 4.63. The fourth-order valence-electron chi connectivity index (χ4n) is 1.80. The number of aromatic nitrogens is 2. The van der Waals surface area contributed by atoms with Crippen molar-refractivity contribution in [3.05, 3.63) is 46.5 Å². The minimum absolute atomic E-state index is 0.178. The molecule has 0 aliphatic heterocycles. The monoisotopic (exact) mass is 319 g/mol. The van der Waals surface area contributed by atoms with Crippen LogP contribution in [0.15, 0.2) is 23.4 Å². The lowest BCUT2D eigenvalue weighted by atomic mass is 10.2. The molecule has 0 saturated carbocycles. The van der Waals surface area contributed by atoms with Crippen molar-refractivity contribution in [3.8, 4) is 0 Å². The fourth-order valence-corrected chi connectivity index (χ4v) is 2.54. The maximum atomic E-state index is 13.4. The van der Waals surface area contributed by atoms with Gasteiger partial charge in [0.1, 0.15) is 5.82 Å². The van der Waals surface area contributed by atoms with Crippen LogP contribution in [0.5, 0.6) is 0 Å². The number of anilines is 1. The summed E-state index contributed by atoms with van der Waals surface area (Å²) in [6.07, 6.45) is 0. The Balaban J connectivity index is 1.96. The second-order valence-corrected chi connectivity index (χ2v) is 6.05. The van der Waals surface area contributed by atoms with Gasteiger partial charge in [0, 0.05) is 17.1 Å². The Morgan fingerprint density at radius 2 is 1.82 bits per heavy atom. The van der Waals surface area contributed by atoms with Crippen LogP contribution < -0.4 is 5.32 Å². The number of nitrogens with one attached hydrogen (secondary N) is 1. The highest BCUT2D eigenvalue weighted by atomic mass is 32.2. The van der Waals surface area contributed by atoms with Gasteiger partial charge in [-0.3, -0.25) is 4.79 Å². The number of thioether (sulfide) groups is 1. The largest absolute Gasteiger partial charge is 0.325 e. The zero-order valence-electron chi connectivity index (χ0n) is 13.0. The topological polar surface area (TPSA) is 54.9 Å². The van der Waals surface area contributed by atoms with Gasteiger partial charge in [0.25, 0.3) is 0 Å². The van der Waals surface area contributed by atoms with E-state index < -0.39 is 0 Å². The fraction of sp³-hybridized carbons (Fsp3) is 0.312. The first kappa shape index (κ1) is 16.4. The number of amides is 1. The Hall–Kier alpha value is -1.95. The Bertz CT molecular complexity index is 696. The van der Waals surface area contributed by atoms with E-state index in [-0.39, 0.29) is 17.5 Å². The highest BCUT2D eigenvalue weighted by molar-refractivity contribution is 7.99.